The maximum absolute atomic E-state index is 13.8. The van der Waals surface area contributed by atoms with Crippen molar-refractivity contribution in [2.75, 3.05) is 12.8 Å². The monoisotopic (exact) mass is 488 g/mol. The fraction of sp³-hybridized carbons (Fsp3) is 0.120. The summed E-state index contributed by atoms with van der Waals surface area (Å²) in [4.78, 5) is 31.3. The number of nitrogen functional groups attached to an aromatic ring is 1. The predicted molar refractivity (Wildman–Crippen MR) is 134 cm³/mol. The van der Waals surface area contributed by atoms with E-state index in [-0.39, 0.29) is 16.9 Å². The van der Waals surface area contributed by atoms with Gasteiger partial charge in [-0.2, -0.15) is 0 Å². The lowest BCUT2D eigenvalue weighted by atomic mass is 10.1. The van der Waals surface area contributed by atoms with Gasteiger partial charge in [-0.1, -0.05) is 35.9 Å². The summed E-state index contributed by atoms with van der Waals surface area (Å²) < 4.78 is 8.47. The van der Waals surface area contributed by atoms with E-state index < -0.39 is 11.9 Å². The van der Waals surface area contributed by atoms with Crippen LogP contribution in [0.3, 0.4) is 0 Å². The Morgan fingerprint density at radius 3 is 2.77 bits per heavy atom. The molecule has 2 aromatic carbocycles. The number of halogens is 1. The molecule has 0 fully saturated rings. The summed E-state index contributed by atoms with van der Waals surface area (Å²) in [6.45, 7) is 1.78. The fourth-order valence-corrected chi connectivity index (χ4v) is 4.45. The number of nitrogens with two attached hydrogens (primary N) is 1. The Labute approximate surface area is 204 Å². The van der Waals surface area contributed by atoms with E-state index in [1.54, 1.807) is 61.8 Å². The lowest BCUT2D eigenvalue weighted by molar-refractivity contribution is 0.0941. The highest BCUT2D eigenvalue weighted by Crippen LogP contribution is 2.29. The van der Waals surface area contributed by atoms with E-state index in [0.717, 1.165) is 0 Å². The molecule has 1 amide bonds. The predicted octanol–water partition coefficient (Wildman–Crippen LogP) is 3.77. The number of fused-ring (bicyclic) bond motifs is 2. The minimum absolute atomic E-state index is 0.0563. The zero-order valence-electron chi connectivity index (χ0n) is 18.9. The maximum Gasteiger partial charge on any atom is 0.264 e. The molecule has 0 aliphatic carbocycles. The third-order valence-electron chi connectivity index (χ3n) is 5.79. The average Bonchev–Trinajstić information content (AvgIpc) is 3.19. The number of pyridine rings is 1. The number of hydrogen-bond acceptors (Lipinski definition) is 6. The van der Waals surface area contributed by atoms with Gasteiger partial charge in [0.2, 0.25) is 0 Å². The van der Waals surface area contributed by atoms with Gasteiger partial charge in [0.05, 0.1) is 29.2 Å². The molecule has 5 rings (SSSR count). The topological polar surface area (TPSA) is 117 Å². The molecule has 0 spiro atoms. The molecule has 3 aromatic heterocycles. The first-order chi connectivity index (χ1) is 16.9. The molecule has 3 N–H and O–H groups in total. The third kappa shape index (κ3) is 3.75. The number of benzene rings is 2. The van der Waals surface area contributed by atoms with Gasteiger partial charge in [-0.05, 0) is 42.6 Å². The second-order valence-corrected chi connectivity index (χ2v) is 8.34. The number of methoxy groups -OCH3 is 1. The summed E-state index contributed by atoms with van der Waals surface area (Å²) in [5.41, 5.74) is 7.25. The largest absolute Gasteiger partial charge is 0.495 e. The molecule has 0 bridgehead atoms. The highest BCUT2D eigenvalue weighted by atomic mass is 35.5. The zero-order valence-corrected chi connectivity index (χ0v) is 19.7. The highest BCUT2D eigenvalue weighted by molar-refractivity contribution is 6.35. The number of nitrogens with one attached hydrogen (secondary N) is 1. The van der Waals surface area contributed by atoms with Crippen molar-refractivity contribution < 1.29 is 9.53 Å². The van der Waals surface area contributed by atoms with Crippen LogP contribution in [0.2, 0.25) is 5.02 Å². The SMILES string of the molecule is COc1ccccc1-n1c(C(C)NC(=O)c2c(N)nn3cccnc23)cc2cccc(Cl)c2c1=O. The normalized spacial score (nSPS) is 12.1. The Balaban J connectivity index is 1.67. The number of carbonyl (C=O) groups is 1. The van der Waals surface area contributed by atoms with Gasteiger partial charge in [0.25, 0.3) is 11.5 Å². The van der Waals surface area contributed by atoms with Crippen LogP contribution in [0.1, 0.15) is 29.0 Å². The van der Waals surface area contributed by atoms with Crippen molar-refractivity contribution in [3.8, 4) is 11.4 Å². The van der Waals surface area contributed by atoms with Crippen molar-refractivity contribution in [2.45, 2.75) is 13.0 Å². The molecular weight excluding hydrogens is 468 g/mol. The number of para-hydroxylation sites is 2. The molecule has 0 aliphatic heterocycles. The third-order valence-corrected chi connectivity index (χ3v) is 6.11. The molecule has 35 heavy (non-hydrogen) atoms. The fourth-order valence-electron chi connectivity index (χ4n) is 4.19. The van der Waals surface area contributed by atoms with E-state index in [0.29, 0.717) is 38.6 Å². The Hall–Kier alpha value is -4.37. The minimum atomic E-state index is -0.610. The quantitative estimate of drug-likeness (QED) is 0.389. The van der Waals surface area contributed by atoms with Crippen molar-refractivity contribution in [1.29, 1.82) is 0 Å². The summed E-state index contributed by atoms with van der Waals surface area (Å²) in [6.07, 6.45) is 3.22. The Morgan fingerprint density at radius 2 is 1.97 bits per heavy atom. The Morgan fingerprint density at radius 1 is 1.17 bits per heavy atom. The molecular formula is C25H21ClN6O3. The van der Waals surface area contributed by atoms with Crippen LogP contribution < -0.4 is 21.3 Å². The van der Waals surface area contributed by atoms with Crippen LogP contribution in [-0.4, -0.2) is 32.2 Å². The van der Waals surface area contributed by atoms with Crippen molar-refractivity contribution in [1.82, 2.24) is 24.5 Å². The maximum atomic E-state index is 13.8. The number of anilines is 1. The first kappa shape index (κ1) is 22.4. The standard InChI is InChI=1S/C25H21ClN6O3/c1-14(29-24(33)21-22(27)30-31-12-6-11-28-23(21)31)18-13-15-7-5-8-16(26)20(15)25(34)32(18)17-9-3-4-10-19(17)35-2/h3-14H,1-2H3,(H2,27,30)(H,29,33). The summed E-state index contributed by atoms with van der Waals surface area (Å²) in [7, 11) is 1.53. The van der Waals surface area contributed by atoms with Crippen molar-refractivity contribution >= 4 is 39.7 Å². The van der Waals surface area contributed by atoms with Crippen LogP contribution in [0.4, 0.5) is 5.82 Å². The minimum Gasteiger partial charge on any atom is -0.495 e. The molecule has 1 unspecified atom stereocenters. The van der Waals surface area contributed by atoms with Crippen LogP contribution in [0.25, 0.3) is 22.1 Å². The highest BCUT2D eigenvalue weighted by Gasteiger charge is 2.24. The second kappa shape index (κ2) is 8.77. The Kier molecular flexibility index (Phi) is 5.62. The first-order valence-electron chi connectivity index (χ1n) is 10.8. The van der Waals surface area contributed by atoms with Gasteiger partial charge in [0.15, 0.2) is 11.5 Å². The van der Waals surface area contributed by atoms with Gasteiger partial charge in [0.1, 0.15) is 11.3 Å². The van der Waals surface area contributed by atoms with Crippen LogP contribution >= 0.6 is 11.6 Å². The summed E-state index contributed by atoms with van der Waals surface area (Å²) in [5, 5.41) is 8.46. The van der Waals surface area contributed by atoms with Gasteiger partial charge in [-0.3, -0.25) is 14.2 Å². The number of nitrogens with zero attached hydrogens (tertiary/aromatic N) is 4. The molecule has 3 heterocycles. The van der Waals surface area contributed by atoms with E-state index in [1.165, 1.54) is 16.2 Å². The molecule has 9 nitrogen and oxygen atoms in total. The number of rotatable bonds is 5. The summed E-state index contributed by atoms with van der Waals surface area (Å²) in [6, 6.07) is 15.3. The molecule has 0 saturated heterocycles. The van der Waals surface area contributed by atoms with Gasteiger partial charge < -0.3 is 15.8 Å². The number of aromatic nitrogens is 4. The Bertz CT molecular complexity index is 1660. The number of ether oxygens (including phenoxy) is 1. The molecule has 1 atom stereocenters. The molecule has 0 saturated carbocycles. The van der Waals surface area contributed by atoms with Gasteiger partial charge >= 0.3 is 0 Å². The first-order valence-corrected chi connectivity index (χ1v) is 11.2. The van der Waals surface area contributed by atoms with Gasteiger partial charge in [-0.25, -0.2) is 9.50 Å². The molecule has 5 aromatic rings. The van der Waals surface area contributed by atoms with E-state index in [1.807, 2.05) is 12.1 Å². The van der Waals surface area contributed by atoms with Gasteiger partial charge in [-0.15, -0.1) is 5.10 Å². The lowest BCUT2D eigenvalue weighted by Gasteiger charge is -2.22. The second-order valence-electron chi connectivity index (χ2n) is 7.93. The van der Waals surface area contributed by atoms with E-state index in [4.69, 9.17) is 22.1 Å². The molecule has 0 aliphatic rings. The van der Waals surface area contributed by atoms with Crippen LogP contribution in [0.5, 0.6) is 5.75 Å². The number of hydrogen-bond donors (Lipinski definition) is 2. The lowest BCUT2D eigenvalue weighted by Crippen LogP contribution is -2.32. The van der Waals surface area contributed by atoms with Crippen molar-refractivity contribution in [2.24, 2.45) is 0 Å². The molecule has 0 radical (unpaired) electrons. The van der Waals surface area contributed by atoms with E-state index in [2.05, 4.69) is 15.4 Å². The summed E-state index contributed by atoms with van der Waals surface area (Å²) >= 11 is 6.41. The number of carbonyl (C=O) groups excluding carboxylic acids is 1. The molecule has 176 valence electrons. The average molecular weight is 489 g/mol. The van der Waals surface area contributed by atoms with E-state index >= 15 is 0 Å². The van der Waals surface area contributed by atoms with Gasteiger partial charge in [0, 0.05) is 18.1 Å². The smallest absolute Gasteiger partial charge is 0.264 e. The molecule has 10 heteroatoms. The van der Waals surface area contributed by atoms with Crippen molar-refractivity contribution in [3.05, 3.63) is 93.6 Å². The summed E-state index contributed by atoms with van der Waals surface area (Å²) in [5.74, 6) is 0.0894. The number of amides is 1. The van der Waals surface area contributed by atoms with Crippen LogP contribution in [0.15, 0.2) is 71.8 Å². The van der Waals surface area contributed by atoms with Crippen LogP contribution in [0, 0.1) is 0 Å². The van der Waals surface area contributed by atoms with Crippen LogP contribution in [-0.2, 0) is 0 Å². The van der Waals surface area contributed by atoms with Crippen molar-refractivity contribution in [3.63, 3.8) is 0 Å². The van der Waals surface area contributed by atoms with E-state index in [9.17, 15) is 9.59 Å². The zero-order chi connectivity index (χ0) is 24.7.